The molecule has 2 aromatic rings. The van der Waals surface area contributed by atoms with E-state index in [4.69, 9.17) is 0 Å². The average molecular weight is 399 g/mol. The lowest BCUT2D eigenvalue weighted by Gasteiger charge is -2.52. The molecule has 28 heavy (non-hydrogen) atoms. The molecule has 1 saturated carbocycles. The number of piperidine rings is 1. The molecule has 1 unspecified atom stereocenters. The molecule has 1 spiro atoms. The summed E-state index contributed by atoms with van der Waals surface area (Å²) in [5.74, 6) is 0.382. The van der Waals surface area contributed by atoms with Gasteiger partial charge in [-0.05, 0) is 73.3 Å². The fraction of sp³-hybridized carbons (Fsp3) is 0.583. The van der Waals surface area contributed by atoms with Crippen LogP contribution in [0.1, 0.15) is 61.3 Å². The van der Waals surface area contributed by atoms with Crippen LogP contribution < -0.4 is 5.32 Å². The summed E-state index contributed by atoms with van der Waals surface area (Å²) in [6, 6.07) is 11.9. The number of rotatable bonds is 3. The number of halogens is 1. The summed E-state index contributed by atoms with van der Waals surface area (Å²) in [7, 11) is 0. The van der Waals surface area contributed by atoms with Gasteiger partial charge in [-0.3, -0.25) is 4.90 Å². The first-order chi connectivity index (χ1) is 13.7. The standard InChI is InChI=1S/C24H31FN2S/c25-20-8-6-19(7-9-20)21-17-26-18-23(21)12-14-27(15-13-23)24(10-2-1-3-11-24)22-5-4-16-28-22/h4-9,16,21,26H,1-3,10-15,17-18H2. The third-order valence-corrected chi connectivity index (χ3v) is 8.93. The topological polar surface area (TPSA) is 15.3 Å². The van der Waals surface area contributed by atoms with Gasteiger partial charge in [-0.15, -0.1) is 11.3 Å². The van der Waals surface area contributed by atoms with Crippen LogP contribution in [-0.4, -0.2) is 31.1 Å². The number of likely N-dealkylation sites (tertiary alicyclic amines) is 1. The first-order valence-corrected chi connectivity index (χ1v) is 11.9. The van der Waals surface area contributed by atoms with Crippen LogP contribution in [0.5, 0.6) is 0 Å². The van der Waals surface area contributed by atoms with Crippen molar-refractivity contribution in [1.29, 1.82) is 0 Å². The van der Waals surface area contributed by atoms with Crippen molar-refractivity contribution in [2.45, 2.75) is 56.4 Å². The van der Waals surface area contributed by atoms with Crippen LogP contribution >= 0.6 is 11.3 Å². The predicted molar refractivity (Wildman–Crippen MR) is 114 cm³/mol. The van der Waals surface area contributed by atoms with Crippen LogP contribution in [0.3, 0.4) is 0 Å². The van der Waals surface area contributed by atoms with Gasteiger partial charge < -0.3 is 5.32 Å². The van der Waals surface area contributed by atoms with Crippen LogP contribution in [0, 0.1) is 11.2 Å². The largest absolute Gasteiger partial charge is 0.316 e. The third-order valence-electron chi connectivity index (χ3n) is 7.86. The van der Waals surface area contributed by atoms with E-state index in [1.54, 1.807) is 17.0 Å². The van der Waals surface area contributed by atoms with E-state index in [9.17, 15) is 4.39 Å². The van der Waals surface area contributed by atoms with E-state index in [2.05, 4.69) is 27.7 Å². The average Bonchev–Trinajstić information content (AvgIpc) is 3.41. The molecule has 2 aliphatic heterocycles. The first-order valence-electron chi connectivity index (χ1n) is 11.0. The summed E-state index contributed by atoms with van der Waals surface area (Å²) in [6.45, 7) is 4.52. The Morgan fingerprint density at radius 2 is 1.71 bits per heavy atom. The predicted octanol–water partition coefficient (Wildman–Crippen LogP) is 5.52. The molecule has 1 aromatic heterocycles. The highest BCUT2D eigenvalue weighted by Crippen LogP contribution is 2.51. The Morgan fingerprint density at radius 3 is 2.39 bits per heavy atom. The van der Waals surface area contributed by atoms with Crippen LogP contribution in [-0.2, 0) is 5.54 Å². The molecule has 4 heteroatoms. The van der Waals surface area contributed by atoms with Gasteiger partial charge in [0.2, 0.25) is 0 Å². The van der Waals surface area contributed by atoms with E-state index in [1.807, 2.05) is 23.5 Å². The smallest absolute Gasteiger partial charge is 0.123 e. The Balaban J connectivity index is 1.37. The minimum atomic E-state index is -0.131. The molecular weight excluding hydrogens is 367 g/mol. The van der Waals surface area contributed by atoms with Crippen LogP contribution in [0.25, 0.3) is 0 Å². The molecule has 1 aromatic carbocycles. The zero-order valence-corrected chi connectivity index (χ0v) is 17.4. The van der Waals surface area contributed by atoms with Crippen molar-refractivity contribution < 1.29 is 4.39 Å². The van der Waals surface area contributed by atoms with Gasteiger partial charge in [-0.1, -0.05) is 37.5 Å². The van der Waals surface area contributed by atoms with E-state index < -0.39 is 0 Å². The second kappa shape index (κ2) is 7.55. The lowest BCUT2D eigenvalue weighted by molar-refractivity contribution is -0.00608. The molecule has 2 nitrogen and oxygen atoms in total. The molecule has 1 N–H and O–H groups in total. The monoisotopic (exact) mass is 398 g/mol. The number of hydrogen-bond acceptors (Lipinski definition) is 3. The second-order valence-corrected chi connectivity index (χ2v) is 10.1. The minimum Gasteiger partial charge on any atom is -0.316 e. The highest BCUT2D eigenvalue weighted by atomic mass is 32.1. The molecule has 2 saturated heterocycles. The number of nitrogens with one attached hydrogen (secondary N) is 1. The molecule has 3 fully saturated rings. The van der Waals surface area contributed by atoms with E-state index in [0.717, 1.165) is 13.1 Å². The first kappa shape index (κ1) is 18.8. The fourth-order valence-electron chi connectivity index (χ4n) is 6.28. The van der Waals surface area contributed by atoms with Gasteiger partial charge in [0.05, 0.1) is 5.54 Å². The molecule has 5 rings (SSSR count). The van der Waals surface area contributed by atoms with Gasteiger partial charge >= 0.3 is 0 Å². The quantitative estimate of drug-likeness (QED) is 0.733. The minimum absolute atomic E-state index is 0.131. The summed E-state index contributed by atoms with van der Waals surface area (Å²) in [5.41, 5.74) is 1.93. The third kappa shape index (κ3) is 3.14. The Morgan fingerprint density at radius 1 is 0.964 bits per heavy atom. The Kier molecular flexibility index (Phi) is 5.06. The number of nitrogens with zero attached hydrogens (tertiary/aromatic N) is 1. The Labute approximate surface area is 172 Å². The van der Waals surface area contributed by atoms with Crippen molar-refractivity contribution in [3.63, 3.8) is 0 Å². The molecule has 0 radical (unpaired) electrons. The summed E-state index contributed by atoms with van der Waals surface area (Å²) in [5, 5.41) is 5.92. The normalized spacial score (nSPS) is 27.2. The molecule has 1 atom stereocenters. The van der Waals surface area contributed by atoms with Gasteiger partial charge in [0, 0.05) is 23.9 Å². The van der Waals surface area contributed by atoms with Crippen LogP contribution in [0.15, 0.2) is 41.8 Å². The van der Waals surface area contributed by atoms with E-state index >= 15 is 0 Å². The second-order valence-electron chi connectivity index (χ2n) is 9.15. The highest BCUT2D eigenvalue weighted by Gasteiger charge is 2.49. The zero-order valence-electron chi connectivity index (χ0n) is 16.6. The van der Waals surface area contributed by atoms with Crippen LogP contribution in [0.2, 0.25) is 0 Å². The summed E-state index contributed by atoms with van der Waals surface area (Å²) in [6.07, 6.45) is 9.24. The van der Waals surface area contributed by atoms with Crippen LogP contribution in [0.4, 0.5) is 4.39 Å². The zero-order chi connectivity index (χ0) is 19.0. The number of hydrogen-bond donors (Lipinski definition) is 1. The molecule has 0 amide bonds. The molecule has 0 bridgehead atoms. The van der Waals surface area contributed by atoms with Crippen molar-refractivity contribution in [2.75, 3.05) is 26.2 Å². The van der Waals surface area contributed by atoms with E-state index in [0.29, 0.717) is 11.3 Å². The molecule has 3 aliphatic rings. The fourth-order valence-corrected chi connectivity index (χ4v) is 7.29. The van der Waals surface area contributed by atoms with E-state index in [1.165, 1.54) is 63.6 Å². The lowest BCUT2D eigenvalue weighted by atomic mass is 9.67. The number of benzene rings is 1. The molecule has 1 aliphatic carbocycles. The van der Waals surface area contributed by atoms with Crippen molar-refractivity contribution in [3.05, 3.63) is 58.0 Å². The molecule has 150 valence electrons. The maximum absolute atomic E-state index is 13.4. The molecular formula is C24H31FN2S. The van der Waals surface area contributed by atoms with Gasteiger partial charge in [0.1, 0.15) is 5.82 Å². The van der Waals surface area contributed by atoms with Crippen molar-refractivity contribution in [3.8, 4) is 0 Å². The summed E-state index contributed by atoms with van der Waals surface area (Å²) >= 11 is 1.95. The molecule has 3 heterocycles. The maximum atomic E-state index is 13.4. The maximum Gasteiger partial charge on any atom is 0.123 e. The van der Waals surface area contributed by atoms with Gasteiger partial charge in [0.25, 0.3) is 0 Å². The summed E-state index contributed by atoms with van der Waals surface area (Å²) < 4.78 is 13.4. The lowest BCUT2D eigenvalue weighted by Crippen LogP contribution is -2.53. The summed E-state index contributed by atoms with van der Waals surface area (Å²) in [4.78, 5) is 4.42. The SMILES string of the molecule is Fc1ccc(C2CNCC23CCN(C2(c4cccs4)CCCCC2)CC3)cc1. The van der Waals surface area contributed by atoms with Gasteiger partial charge in [-0.2, -0.15) is 0 Å². The Bertz CT molecular complexity index is 771. The van der Waals surface area contributed by atoms with E-state index in [-0.39, 0.29) is 11.4 Å². The van der Waals surface area contributed by atoms with Crippen molar-refractivity contribution >= 4 is 11.3 Å². The van der Waals surface area contributed by atoms with Gasteiger partial charge in [0.15, 0.2) is 0 Å². The highest BCUT2D eigenvalue weighted by molar-refractivity contribution is 7.10. The number of thiophene rings is 1. The van der Waals surface area contributed by atoms with Crippen molar-refractivity contribution in [1.82, 2.24) is 10.2 Å². The Hall–Kier alpha value is -1.23. The van der Waals surface area contributed by atoms with Crippen molar-refractivity contribution in [2.24, 2.45) is 5.41 Å². The van der Waals surface area contributed by atoms with Gasteiger partial charge in [-0.25, -0.2) is 4.39 Å².